The first-order chi connectivity index (χ1) is 8.10. The summed E-state index contributed by atoms with van der Waals surface area (Å²) in [6, 6.07) is 0. The van der Waals surface area contributed by atoms with E-state index >= 15 is 0 Å². The van der Waals surface area contributed by atoms with Crippen molar-refractivity contribution in [3.05, 3.63) is 11.6 Å². The van der Waals surface area contributed by atoms with Gasteiger partial charge in [0.05, 0.1) is 5.41 Å². The predicted molar refractivity (Wildman–Crippen MR) is 76.7 cm³/mol. The predicted octanol–water partition coefficient (Wildman–Crippen LogP) is 2.04. The molecule has 1 aliphatic rings. The van der Waals surface area contributed by atoms with Crippen molar-refractivity contribution in [2.24, 2.45) is 10.8 Å². The smallest absolute Gasteiger partial charge is 0.164 e. The van der Waals surface area contributed by atoms with Crippen LogP contribution in [0.15, 0.2) is 11.6 Å². The number of ketones is 1. The molecule has 104 valence electrons. The first-order valence-corrected chi connectivity index (χ1v) is 6.62. The second-order valence-electron chi connectivity index (χ2n) is 6.97. The Morgan fingerprint density at radius 3 is 1.89 bits per heavy atom. The Labute approximate surface area is 112 Å². The number of carbonyl (C=O) groups excluding carboxylic acids is 1. The van der Waals surface area contributed by atoms with Crippen molar-refractivity contribution < 1.29 is 4.79 Å². The number of nitrogens with zero attached hydrogens (tertiary/aromatic N) is 2. The van der Waals surface area contributed by atoms with Crippen LogP contribution < -0.4 is 0 Å². The highest BCUT2D eigenvalue weighted by Crippen LogP contribution is 2.48. The van der Waals surface area contributed by atoms with E-state index in [1.54, 1.807) is 0 Å². The number of rotatable bonds is 4. The summed E-state index contributed by atoms with van der Waals surface area (Å²) >= 11 is 0. The van der Waals surface area contributed by atoms with Gasteiger partial charge in [-0.3, -0.25) is 4.79 Å². The van der Waals surface area contributed by atoms with Crippen molar-refractivity contribution in [1.82, 2.24) is 9.80 Å². The third-order valence-electron chi connectivity index (χ3n) is 4.04. The molecule has 0 saturated carbocycles. The fourth-order valence-corrected chi connectivity index (χ4v) is 3.33. The van der Waals surface area contributed by atoms with Crippen LogP contribution >= 0.6 is 0 Å². The van der Waals surface area contributed by atoms with Crippen LogP contribution in [0.3, 0.4) is 0 Å². The minimum absolute atomic E-state index is 0.00252. The summed E-state index contributed by atoms with van der Waals surface area (Å²) in [4.78, 5) is 17.0. The lowest BCUT2D eigenvalue weighted by Crippen LogP contribution is -2.57. The average Bonchev–Trinajstić information content (AvgIpc) is 2.11. The number of allylic oxidation sites excluding steroid dienone is 2. The second-order valence-corrected chi connectivity index (χ2v) is 6.97. The van der Waals surface area contributed by atoms with Crippen LogP contribution in [0.4, 0.5) is 0 Å². The maximum Gasteiger partial charge on any atom is 0.164 e. The minimum Gasteiger partial charge on any atom is -0.308 e. The summed E-state index contributed by atoms with van der Waals surface area (Å²) in [6.45, 7) is 8.14. The molecule has 0 aliphatic heterocycles. The van der Waals surface area contributed by atoms with Crippen LogP contribution in [0.1, 0.15) is 27.2 Å². The lowest BCUT2D eigenvalue weighted by Gasteiger charge is -2.50. The molecule has 3 nitrogen and oxygen atoms in total. The van der Waals surface area contributed by atoms with Crippen LogP contribution in [0, 0.1) is 10.8 Å². The maximum atomic E-state index is 12.7. The van der Waals surface area contributed by atoms with Crippen LogP contribution in [0.2, 0.25) is 0 Å². The van der Waals surface area contributed by atoms with E-state index in [1.807, 2.05) is 34.3 Å². The highest BCUT2D eigenvalue weighted by atomic mass is 16.1. The average molecular weight is 252 g/mol. The summed E-state index contributed by atoms with van der Waals surface area (Å²) in [5, 5.41) is 0. The zero-order chi connectivity index (χ0) is 14.1. The summed E-state index contributed by atoms with van der Waals surface area (Å²) in [5.74, 6) is 0.290. The van der Waals surface area contributed by atoms with Gasteiger partial charge in [-0.15, -0.1) is 0 Å². The zero-order valence-corrected chi connectivity index (χ0v) is 13.0. The molecular weight excluding hydrogens is 224 g/mol. The van der Waals surface area contributed by atoms with Gasteiger partial charge in [-0.1, -0.05) is 19.4 Å². The molecule has 1 rings (SSSR count). The minimum atomic E-state index is -0.306. The Morgan fingerprint density at radius 1 is 1.11 bits per heavy atom. The largest absolute Gasteiger partial charge is 0.308 e. The van der Waals surface area contributed by atoms with E-state index in [0.29, 0.717) is 5.78 Å². The standard InChI is InChI=1S/C15H28N2O/c1-12-8-13(18)15(10-16(4)5,11-17(6)7)14(2,3)9-12/h8H,9-11H2,1-7H3. The second kappa shape index (κ2) is 5.14. The molecular formula is C15H28N2O. The summed E-state index contributed by atoms with van der Waals surface area (Å²) in [6.07, 6.45) is 2.86. The Morgan fingerprint density at radius 2 is 1.56 bits per heavy atom. The van der Waals surface area contributed by atoms with Gasteiger partial charge in [0.2, 0.25) is 0 Å². The van der Waals surface area contributed by atoms with Gasteiger partial charge in [-0.25, -0.2) is 0 Å². The normalized spacial score (nSPS) is 22.5. The SMILES string of the molecule is CC1=CC(=O)C(CN(C)C)(CN(C)C)C(C)(C)C1. The van der Waals surface area contributed by atoms with Crippen molar-refractivity contribution in [3.8, 4) is 0 Å². The molecule has 18 heavy (non-hydrogen) atoms. The van der Waals surface area contributed by atoms with E-state index in [2.05, 4.69) is 30.6 Å². The van der Waals surface area contributed by atoms with Crippen LogP contribution in [0.25, 0.3) is 0 Å². The summed E-state index contributed by atoms with van der Waals surface area (Å²) < 4.78 is 0. The third kappa shape index (κ3) is 2.83. The maximum absolute atomic E-state index is 12.7. The molecule has 0 radical (unpaired) electrons. The first kappa shape index (κ1) is 15.4. The summed E-state index contributed by atoms with van der Waals surface area (Å²) in [7, 11) is 8.19. The van der Waals surface area contributed by atoms with Crippen molar-refractivity contribution in [2.75, 3.05) is 41.3 Å². The molecule has 0 aromatic heterocycles. The van der Waals surface area contributed by atoms with E-state index in [-0.39, 0.29) is 10.8 Å². The van der Waals surface area contributed by atoms with E-state index in [0.717, 1.165) is 19.5 Å². The molecule has 0 atom stereocenters. The quantitative estimate of drug-likeness (QED) is 0.765. The van der Waals surface area contributed by atoms with Gasteiger partial charge in [0.1, 0.15) is 0 Å². The van der Waals surface area contributed by atoms with E-state index in [4.69, 9.17) is 0 Å². The Balaban J connectivity index is 3.25. The van der Waals surface area contributed by atoms with Crippen LogP contribution in [0.5, 0.6) is 0 Å². The molecule has 0 bridgehead atoms. The van der Waals surface area contributed by atoms with E-state index in [9.17, 15) is 4.79 Å². The molecule has 0 spiro atoms. The van der Waals surface area contributed by atoms with Crippen LogP contribution in [-0.2, 0) is 4.79 Å². The highest BCUT2D eigenvalue weighted by Gasteiger charge is 2.52. The Kier molecular flexibility index (Phi) is 4.39. The van der Waals surface area contributed by atoms with Gasteiger partial charge in [0.25, 0.3) is 0 Å². The highest BCUT2D eigenvalue weighted by molar-refractivity contribution is 5.97. The van der Waals surface area contributed by atoms with E-state index in [1.165, 1.54) is 5.57 Å². The monoisotopic (exact) mass is 252 g/mol. The van der Waals surface area contributed by atoms with Gasteiger partial charge >= 0.3 is 0 Å². The number of carbonyl (C=O) groups is 1. The molecule has 3 heteroatoms. The molecule has 0 aromatic rings. The van der Waals surface area contributed by atoms with Crippen molar-refractivity contribution in [2.45, 2.75) is 27.2 Å². The third-order valence-corrected chi connectivity index (χ3v) is 4.04. The molecule has 0 N–H and O–H groups in total. The zero-order valence-electron chi connectivity index (χ0n) is 13.0. The van der Waals surface area contributed by atoms with Gasteiger partial charge in [-0.2, -0.15) is 0 Å². The van der Waals surface area contributed by atoms with Gasteiger partial charge in [-0.05, 0) is 53.0 Å². The Bertz CT molecular complexity index is 344. The fourth-order valence-electron chi connectivity index (χ4n) is 3.33. The number of hydrogen-bond donors (Lipinski definition) is 0. The topological polar surface area (TPSA) is 23.6 Å². The molecule has 0 unspecified atom stereocenters. The van der Waals surface area contributed by atoms with Crippen LogP contribution in [-0.4, -0.2) is 56.9 Å². The van der Waals surface area contributed by atoms with Gasteiger partial charge < -0.3 is 9.80 Å². The summed E-state index contributed by atoms with van der Waals surface area (Å²) in [5.41, 5.74) is 0.898. The van der Waals surface area contributed by atoms with Crippen molar-refractivity contribution in [1.29, 1.82) is 0 Å². The molecule has 0 saturated heterocycles. The Hall–Kier alpha value is -0.670. The van der Waals surface area contributed by atoms with Gasteiger partial charge in [0, 0.05) is 13.1 Å². The van der Waals surface area contributed by atoms with Gasteiger partial charge in [0.15, 0.2) is 5.78 Å². The molecule has 1 aliphatic carbocycles. The molecule has 0 heterocycles. The van der Waals surface area contributed by atoms with E-state index < -0.39 is 0 Å². The molecule has 0 amide bonds. The number of hydrogen-bond acceptors (Lipinski definition) is 3. The molecule has 0 fully saturated rings. The fraction of sp³-hybridized carbons (Fsp3) is 0.800. The first-order valence-electron chi connectivity index (χ1n) is 6.62. The molecule has 0 aromatic carbocycles. The van der Waals surface area contributed by atoms with Crippen molar-refractivity contribution >= 4 is 5.78 Å². The lowest BCUT2D eigenvalue weighted by atomic mass is 9.57. The lowest BCUT2D eigenvalue weighted by molar-refractivity contribution is -0.135. The van der Waals surface area contributed by atoms with Crippen molar-refractivity contribution in [3.63, 3.8) is 0 Å².